The van der Waals surface area contributed by atoms with Gasteiger partial charge in [0, 0.05) is 31.0 Å². The number of allylic oxidation sites excluding steroid dienone is 2. The number of esters is 2. The Morgan fingerprint density at radius 2 is 1.70 bits per heavy atom. The van der Waals surface area contributed by atoms with Crippen molar-refractivity contribution in [1.82, 2.24) is 16.0 Å². The van der Waals surface area contributed by atoms with Gasteiger partial charge in [0.1, 0.15) is 30.3 Å². The summed E-state index contributed by atoms with van der Waals surface area (Å²) < 4.78 is 34.8. The molecule has 1 heterocycles. The highest BCUT2D eigenvalue weighted by Gasteiger charge is 2.37. The van der Waals surface area contributed by atoms with Crippen LogP contribution in [0.25, 0.3) is 0 Å². The van der Waals surface area contributed by atoms with Crippen LogP contribution in [0.4, 0.5) is 9.18 Å². The van der Waals surface area contributed by atoms with E-state index in [1.54, 1.807) is 44.2 Å². The molecule has 4 N–H and O–H groups in total. The summed E-state index contributed by atoms with van der Waals surface area (Å²) in [6.07, 6.45) is -1.55. The van der Waals surface area contributed by atoms with Gasteiger partial charge in [-0.15, -0.1) is 0 Å². The lowest BCUT2D eigenvalue weighted by atomic mass is 9.80. The first-order chi connectivity index (χ1) is 22.2. The molecule has 46 heavy (non-hydrogen) atoms. The van der Waals surface area contributed by atoms with Crippen molar-refractivity contribution in [2.75, 3.05) is 46.6 Å². The van der Waals surface area contributed by atoms with Gasteiger partial charge in [-0.1, -0.05) is 36.1 Å². The third kappa shape index (κ3) is 10.1. The third-order valence-corrected chi connectivity index (χ3v) is 6.63. The number of hydrogen-bond acceptors (Lipinski definition) is 11. The first kappa shape index (κ1) is 35.1. The molecule has 3 rings (SSSR count). The Balaban J connectivity index is 1.39. The van der Waals surface area contributed by atoms with Crippen LogP contribution in [0, 0.1) is 29.0 Å². The van der Waals surface area contributed by atoms with E-state index in [0.717, 1.165) is 0 Å². The number of alkyl carbamates (subject to hydrolysis) is 1. The van der Waals surface area contributed by atoms with Gasteiger partial charge in [-0.25, -0.2) is 18.8 Å². The minimum Gasteiger partial charge on any atom is -0.489 e. The monoisotopic (exact) mass is 634 g/mol. The maximum absolute atomic E-state index is 14.1. The zero-order valence-electron chi connectivity index (χ0n) is 25.6. The van der Waals surface area contributed by atoms with Gasteiger partial charge >= 0.3 is 18.0 Å². The highest BCUT2D eigenvalue weighted by molar-refractivity contribution is 5.99. The summed E-state index contributed by atoms with van der Waals surface area (Å²) in [5.74, 6) is 2.64. The summed E-state index contributed by atoms with van der Waals surface area (Å²) in [6, 6.07) is 14.3. The minimum atomic E-state index is -0.935. The Hall–Kier alpha value is -5.37. The van der Waals surface area contributed by atoms with Gasteiger partial charge in [0.05, 0.1) is 29.7 Å². The van der Waals surface area contributed by atoms with Crippen molar-refractivity contribution in [1.29, 1.82) is 5.26 Å². The number of rotatable bonds is 13. The van der Waals surface area contributed by atoms with Crippen LogP contribution in [0.5, 0.6) is 5.75 Å². The molecular weight excluding hydrogens is 599 g/mol. The summed E-state index contributed by atoms with van der Waals surface area (Å²) in [5, 5.41) is 27.6. The van der Waals surface area contributed by atoms with E-state index < -0.39 is 35.9 Å². The first-order valence-electron chi connectivity index (χ1n) is 14.2. The molecule has 2 aromatic carbocycles. The van der Waals surface area contributed by atoms with Gasteiger partial charge in [0.15, 0.2) is 13.2 Å². The van der Waals surface area contributed by atoms with E-state index in [1.165, 1.54) is 25.3 Å². The van der Waals surface area contributed by atoms with Crippen LogP contribution in [0.2, 0.25) is 0 Å². The normalized spacial score (nSPS) is 14.6. The number of dihydropyridines is 1. The Labute approximate surface area is 266 Å². The standard InChI is InChI=1S/C33H35FN4O8/c1-21-28(31(40)43-3)30(23-10-8-11-25(34)17-23)29(22(2)38-21)32(41)44-15-6-7-16-45-33(42)37-14-13-36-19-26(39)20-46-27-12-5-4-9-24(27)18-35/h4-5,8-12,17,26,30,36,38-39H,13-16,19-20H2,1-3H3,(H,37,42). The molecule has 0 aromatic heterocycles. The van der Waals surface area contributed by atoms with Gasteiger partial charge in [0.2, 0.25) is 0 Å². The van der Waals surface area contributed by atoms with Crippen molar-refractivity contribution >= 4 is 18.0 Å². The largest absolute Gasteiger partial charge is 0.489 e. The number of aliphatic hydroxyl groups is 1. The molecule has 1 aliphatic heterocycles. The zero-order chi connectivity index (χ0) is 33.5. The Morgan fingerprint density at radius 3 is 2.39 bits per heavy atom. The lowest BCUT2D eigenvalue weighted by Crippen LogP contribution is -2.37. The molecule has 0 spiro atoms. The number of hydrogen-bond donors (Lipinski definition) is 4. The molecule has 2 atom stereocenters. The molecule has 1 amide bonds. The molecule has 0 radical (unpaired) electrons. The van der Waals surface area contributed by atoms with Crippen LogP contribution < -0.4 is 20.7 Å². The molecule has 242 valence electrons. The smallest absolute Gasteiger partial charge is 0.408 e. The number of amides is 1. The fourth-order valence-corrected chi connectivity index (χ4v) is 4.55. The lowest BCUT2D eigenvalue weighted by Gasteiger charge is -2.30. The van der Waals surface area contributed by atoms with E-state index in [9.17, 15) is 23.9 Å². The highest BCUT2D eigenvalue weighted by Crippen LogP contribution is 2.39. The summed E-state index contributed by atoms with van der Waals surface area (Å²) in [5.41, 5.74) is 1.89. The number of carbonyl (C=O) groups excluding carboxylic acids is 3. The maximum Gasteiger partial charge on any atom is 0.408 e. The second-order valence-electron chi connectivity index (χ2n) is 9.89. The van der Waals surface area contributed by atoms with Crippen LogP contribution in [0.15, 0.2) is 71.1 Å². The number of para-hydroxylation sites is 1. The topological polar surface area (TPSA) is 168 Å². The van der Waals surface area contributed by atoms with Gasteiger partial charge in [-0.2, -0.15) is 5.26 Å². The van der Waals surface area contributed by atoms with Crippen molar-refractivity contribution in [3.63, 3.8) is 0 Å². The summed E-state index contributed by atoms with van der Waals surface area (Å²) in [7, 11) is 1.22. The first-order valence-corrected chi connectivity index (χ1v) is 14.2. The number of nitrogens with zero attached hydrogens (tertiary/aromatic N) is 1. The molecule has 0 saturated carbocycles. The Kier molecular flexibility index (Phi) is 13.6. The van der Waals surface area contributed by atoms with Crippen LogP contribution in [0.3, 0.4) is 0 Å². The van der Waals surface area contributed by atoms with Gasteiger partial charge in [-0.05, 0) is 43.7 Å². The molecule has 2 aromatic rings. The van der Waals surface area contributed by atoms with Crippen molar-refractivity contribution in [3.05, 3.63) is 88.0 Å². The van der Waals surface area contributed by atoms with Crippen LogP contribution >= 0.6 is 0 Å². The van der Waals surface area contributed by atoms with Crippen molar-refractivity contribution in [2.45, 2.75) is 25.9 Å². The molecule has 1 aliphatic rings. The fourth-order valence-electron chi connectivity index (χ4n) is 4.55. The number of benzene rings is 2. The molecule has 0 fully saturated rings. The van der Waals surface area contributed by atoms with Crippen LogP contribution in [-0.2, 0) is 23.8 Å². The molecule has 0 aliphatic carbocycles. The van der Waals surface area contributed by atoms with Gasteiger partial charge in [0.25, 0.3) is 0 Å². The summed E-state index contributed by atoms with van der Waals surface area (Å²) in [6.45, 7) is 3.45. The minimum absolute atomic E-state index is 0.0118. The van der Waals surface area contributed by atoms with Crippen LogP contribution in [-0.4, -0.2) is 75.8 Å². The second kappa shape index (κ2) is 17.8. The average Bonchev–Trinajstić information content (AvgIpc) is 3.04. The molecule has 13 heteroatoms. The number of nitriles is 1. The maximum atomic E-state index is 14.1. The van der Waals surface area contributed by atoms with Crippen molar-refractivity contribution < 1.29 is 42.8 Å². The lowest BCUT2D eigenvalue weighted by molar-refractivity contribution is -0.138. The Morgan fingerprint density at radius 1 is 1.00 bits per heavy atom. The predicted octanol–water partition coefficient (Wildman–Crippen LogP) is 2.41. The molecule has 0 bridgehead atoms. The number of nitrogens with one attached hydrogen (secondary N) is 3. The van der Waals surface area contributed by atoms with Crippen LogP contribution in [0.1, 0.15) is 30.9 Å². The van der Waals surface area contributed by atoms with Gasteiger partial charge < -0.3 is 40.0 Å². The van der Waals surface area contributed by atoms with E-state index in [4.69, 9.17) is 24.2 Å². The molecule has 2 unspecified atom stereocenters. The SMILES string of the molecule is COC(=O)C1=C(C)NC(C)=C(C(=O)OCC#CCOC(=O)NCCNCC(O)COc2ccccc2C#N)C1c1cccc(F)c1. The number of ether oxygens (including phenoxy) is 4. The highest BCUT2D eigenvalue weighted by atomic mass is 19.1. The van der Waals surface area contributed by atoms with Crippen molar-refractivity contribution in [2.24, 2.45) is 0 Å². The summed E-state index contributed by atoms with van der Waals surface area (Å²) in [4.78, 5) is 37.7. The van der Waals surface area contributed by atoms with E-state index in [-0.39, 0.29) is 44.1 Å². The van der Waals surface area contributed by atoms with Crippen molar-refractivity contribution in [3.8, 4) is 23.7 Å². The zero-order valence-corrected chi connectivity index (χ0v) is 25.6. The number of carbonyl (C=O) groups is 3. The van der Waals surface area contributed by atoms with Gasteiger partial charge in [-0.3, -0.25) is 0 Å². The molecule has 12 nitrogen and oxygen atoms in total. The fraction of sp³-hybridized carbons (Fsp3) is 0.333. The van der Waals surface area contributed by atoms with E-state index >= 15 is 0 Å². The van der Waals surface area contributed by atoms with E-state index in [2.05, 4.69) is 27.8 Å². The summed E-state index contributed by atoms with van der Waals surface area (Å²) >= 11 is 0. The quantitative estimate of drug-likeness (QED) is 0.111. The second-order valence-corrected chi connectivity index (χ2v) is 9.89. The molecule has 0 saturated heterocycles. The predicted molar refractivity (Wildman–Crippen MR) is 163 cm³/mol. The molecular formula is C33H35FN4O8. The van der Waals surface area contributed by atoms with E-state index in [0.29, 0.717) is 34.8 Å². The average molecular weight is 635 g/mol. The van der Waals surface area contributed by atoms with E-state index in [1.807, 2.05) is 6.07 Å². The Bertz CT molecular complexity index is 1590. The third-order valence-electron chi connectivity index (χ3n) is 6.63. The number of halogens is 1. The number of methoxy groups -OCH3 is 1. The number of aliphatic hydroxyl groups excluding tert-OH is 1.